The molecule has 2 aromatic heterocycles. The van der Waals surface area contributed by atoms with E-state index in [-0.39, 0.29) is 11.3 Å². The first kappa shape index (κ1) is 15.1. The number of aryl methyl sites for hydroxylation is 1. The molecule has 3 heterocycles. The molecular weight excluding hydrogens is 302 g/mol. The molecule has 1 aliphatic heterocycles. The lowest BCUT2D eigenvalue weighted by Gasteiger charge is -2.30. The van der Waals surface area contributed by atoms with Gasteiger partial charge in [-0.3, -0.25) is 14.5 Å². The maximum atomic E-state index is 13.0. The number of rotatable bonds is 2. The molecule has 0 unspecified atom stereocenters. The van der Waals surface area contributed by atoms with Gasteiger partial charge in [0, 0.05) is 25.0 Å². The summed E-state index contributed by atoms with van der Waals surface area (Å²) in [5.41, 5.74) is 4.93. The van der Waals surface area contributed by atoms with Gasteiger partial charge in [0.25, 0.3) is 5.91 Å². The SMILES string of the molecule is Cc1ccnc(N2CCn3c(cc4c3CC(C)(C)C4)C2=O)c1C=O. The summed E-state index contributed by atoms with van der Waals surface area (Å²) in [7, 11) is 0. The number of fused-ring (bicyclic) bond motifs is 3. The highest BCUT2D eigenvalue weighted by Gasteiger charge is 2.37. The highest BCUT2D eigenvalue weighted by molar-refractivity contribution is 6.07. The lowest BCUT2D eigenvalue weighted by Crippen LogP contribution is -2.41. The largest absolute Gasteiger partial charge is 0.339 e. The van der Waals surface area contributed by atoms with E-state index in [0.717, 1.165) is 36.9 Å². The van der Waals surface area contributed by atoms with Crippen molar-refractivity contribution in [1.82, 2.24) is 9.55 Å². The monoisotopic (exact) mass is 323 g/mol. The Labute approximate surface area is 141 Å². The number of carbonyl (C=O) groups excluding carboxylic acids is 2. The number of hydrogen-bond acceptors (Lipinski definition) is 3. The summed E-state index contributed by atoms with van der Waals surface area (Å²) in [6, 6.07) is 3.83. The van der Waals surface area contributed by atoms with Crippen molar-refractivity contribution in [3.63, 3.8) is 0 Å². The van der Waals surface area contributed by atoms with Gasteiger partial charge in [0.15, 0.2) is 6.29 Å². The van der Waals surface area contributed by atoms with Crippen LogP contribution in [-0.2, 0) is 19.4 Å². The van der Waals surface area contributed by atoms with Crippen molar-refractivity contribution in [3.05, 3.63) is 46.4 Å². The van der Waals surface area contributed by atoms with E-state index in [4.69, 9.17) is 0 Å². The summed E-state index contributed by atoms with van der Waals surface area (Å²) in [6.45, 7) is 7.70. The predicted molar refractivity (Wildman–Crippen MR) is 91.7 cm³/mol. The molecule has 4 rings (SSSR count). The first-order valence-corrected chi connectivity index (χ1v) is 8.35. The van der Waals surface area contributed by atoms with Crippen LogP contribution in [0, 0.1) is 12.3 Å². The standard InChI is InChI=1S/C19H21N3O2/c1-12-4-5-20-17(14(12)11-23)22-7-6-21-15(18(22)24)8-13-9-19(2,3)10-16(13)21/h4-5,8,11H,6-7,9-10H2,1-3H3. The van der Waals surface area contributed by atoms with Gasteiger partial charge >= 0.3 is 0 Å². The molecule has 0 N–H and O–H groups in total. The van der Waals surface area contributed by atoms with Gasteiger partial charge in [-0.15, -0.1) is 0 Å². The van der Waals surface area contributed by atoms with E-state index in [9.17, 15) is 9.59 Å². The Morgan fingerprint density at radius 1 is 1.25 bits per heavy atom. The van der Waals surface area contributed by atoms with Crippen molar-refractivity contribution in [2.45, 2.75) is 40.2 Å². The summed E-state index contributed by atoms with van der Waals surface area (Å²) in [5.74, 6) is 0.414. The normalized spacial score (nSPS) is 18.5. The van der Waals surface area contributed by atoms with Crippen molar-refractivity contribution < 1.29 is 9.59 Å². The molecule has 1 aliphatic carbocycles. The lowest BCUT2D eigenvalue weighted by atomic mass is 9.90. The third-order valence-corrected chi connectivity index (χ3v) is 5.19. The molecule has 0 radical (unpaired) electrons. The maximum Gasteiger partial charge on any atom is 0.276 e. The minimum atomic E-state index is -0.0605. The number of nitrogens with zero attached hydrogens (tertiary/aromatic N) is 3. The molecule has 5 heteroatoms. The zero-order chi connectivity index (χ0) is 17.1. The van der Waals surface area contributed by atoms with Gasteiger partial charge in [0.2, 0.25) is 0 Å². The third kappa shape index (κ3) is 2.11. The fourth-order valence-electron chi connectivity index (χ4n) is 4.03. The van der Waals surface area contributed by atoms with E-state index in [1.165, 1.54) is 11.3 Å². The van der Waals surface area contributed by atoms with Gasteiger partial charge in [-0.25, -0.2) is 4.98 Å². The molecule has 0 aromatic carbocycles. The van der Waals surface area contributed by atoms with Gasteiger partial charge in [-0.2, -0.15) is 0 Å². The fraction of sp³-hybridized carbons (Fsp3) is 0.421. The van der Waals surface area contributed by atoms with Crippen LogP contribution in [0.5, 0.6) is 0 Å². The number of amides is 1. The van der Waals surface area contributed by atoms with Crippen LogP contribution >= 0.6 is 0 Å². The number of anilines is 1. The van der Waals surface area contributed by atoms with Crippen LogP contribution in [0.15, 0.2) is 18.3 Å². The van der Waals surface area contributed by atoms with Gasteiger partial charge in [0.1, 0.15) is 11.5 Å². The van der Waals surface area contributed by atoms with Crippen LogP contribution in [0.1, 0.15) is 51.5 Å². The second-order valence-corrected chi connectivity index (χ2v) is 7.61. The van der Waals surface area contributed by atoms with E-state index in [0.29, 0.717) is 17.9 Å². The zero-order valence-electron chi connectivity index (χ0n) is 14.3. The molecular formula is C19H21N3O2. The van der Waals surface area contributed by atoms with Crippen LogP contribution in [0.3, 0.4) is 0 Å². The second-order valence-electron chi connectivity index (χ2n) is 7.61. The average molecular weight is 323 g/mol. The predicted octanol–water partition coefficient (Wildman–Crippen LogP) is 2.79. The third-order valence-electron chi connectivity index (χ3n) is 5.19. The Bertz CT molecular complexity index is 864. The van der Waals surface area contributed by atoms with Crippen molar-refractivity contribution in [1.29, 1.82) is 0 Å². The Morgan fingerprint density at radius 3 is 2.79 bits per heavy atom. The van der Waals surface area contributed by atoms with Crippen molar-refractivity contribution >= 4 is 18.0 Å². The van der Waals surface area contributed by atoms with Gasteiger partial charge < -0.3 is 4.57 Å². The molecule has 0 fully saturated rings. The molecule has 0 spiro atoms. The Balaban J connectivity index is 1.75. The molecule has 0 atom stereocenters. The van der Waals surface area contributed by atoms with E-state index < -0.39 is 0 Å². The van der Waals surface area contributed by atoms with Gasteiger partial charge in [-0.1, -0.05) is 13.8 Å². The van der Waals surface area contributed by atoms with Crippen LogP contribution in [0.4, 0.5) is 5.82 Å². The Morgan fingerprint density at radius 2 is 2.04 bits per heavy atom. The average Bonchev–Trinajstić information content (AvgIpc) is 3.00. The van der Waals surface area contributed by atoms with Gasteiger partial charge in [0.05, 0.1) is 5.56 Å². The minimum Gasteiger partial charge on any atom is -0.339 e. The molecule has 0 bridgehead atoms. The quantitative estimate of drug-likeness (QED) is 0.799. The highest BCUT2D eigenvalue weighted by Crippen LogP contribution is 2.39. The van der Waals surface area contributed by atoms with Crippen LogP contribution in [0.2, 0.25) is 0 Å². The summed E-state index contributed by atoms with van der Waals surface area (Å²) in [4.78, 5) is 30.4. The molecule has 1 amide bonds. The molecule has 0 saturated heterocycles. The lowest BCUT2D eigenvalue weighted by molar-refractivity contribution is 0.0963. The van der Waals surface area contributed by atoms with Crippen molar-refractivity contribution in [2.24, 2.45) is 5.41 Å². The fourth-order valence-corrected chi connectivity index (χ4v) is 4.03. The number of pyridine rings is 1. The van der Waals surface area contributed by atoms with Crippen LogP contribution in [0.25, 0.3) is 0 Å². The Hall–Kier alpha value is -2.43. The van der Waals surface area contributed by atoms with E-state index in [2.05, 4.69) is 23.4 Å². The molecule has 5 nitrogen and oxygen atoms in total. The molecule has 2 aromatic rings. The zero-order valence-corrected chi connectivity index (χ0v) is 14.3. The number of carbonyl (C=O) groups is 2. The summed E-state index contributed by atoms with van der Waals surface area (Å²) in [5, 5.41) is 0. The molecule has 24 heavy (non-hydrogen) atoms. The van der Waals surface area contributed by atoms with Gasteiger partial charge in [-0.05, 0) is 48.4 Å². The summed E-state index contributed by atoms with van der Waals surface area (Å²) >= 11 is 0. The smallest absolute Gasteiger partial charge is 0.276 e. The topological polar surface area (TPSA) is 55.2 Å². The van der Waals surface area contributed by atoms with Crippen molar-refractivity contribution in [2.75, 3.05) is 11.4 Å². The summed E-state index contributed by atoms with van der Waals surface area (Å²) in [6.07, 6.45) is 4.47. The van der Waals surface area contributed by atoms with Crippen molar-refractivity contribution in [3.8, 4) is 0 Å². The van der Waals surface area contributed by atoms with E-state index >= 15 is 0 Å². The second kappa shape index (κ2) is 5.03. The first-order valence-electron chi connectivity index (χ1n) is 8.35. The molecule has 0 saturated carbocycles. The van der Waals surface area contributed by atoms with E-state index in [1.807, 2.05) is 13.0 Å². The minimum absolute atomic E-state index is 0.0605. The summed E-state index contributed by atoms with van der Waals surface area (Å²) < 4.78 is 2.17. The van der Waals surface area contributed by atoms with Crippen LogP contribution < -0.4 is 4.90 Å². The highest BCUT2D eigenvalue weighted by atomic mass is 16.2. The van der Waals surface area contributed by atoms with Crippen LogP contribution in [-0.4, -0.2) is 28.3 Å². The number of aromatic nitrogens is 2. The number of hydrogen-bond donors (Lipinski definition) is 0. The Kier molecular flexibility index (Phi) is 3.17. The molecule has 124 valence electrons. The maximum absolute atomic E-state index is 13.0. The van der Waals surface area contributed by atoms with E-state index in [1.54, 1.807) is 17.2 Å². The first-order chi connectivity index (χ1) is 11.4. The molecule has 2 aliphatic rings. The number of aldehydes is 1.